The Morgan fingerprint density at radius 3 is 2.61 bits per heavy atom. The van der Waals surface area contributed by atoms with E-state index in [1.807, 2.05) is 32.9 Å². The molecule has 0 aromatic heterocycles. The summed E-state index contributed by atoms with van der Waals surface area (Å²) < 4.78 is 12.4. The van der Waals surface area contributed by atoms with Crippen molar-refractivity contribution >= 4 is 32.6 Å². The molecule has 1 N–H and O–H groups in total. The summed E-state index contributed by atoms with van der Waals surface area (Å²) >= 11 is 3.32. The van der Waals surface area contributed by atoms with Crippen molar-refractivity contribution in [3.8, 4) is 0 Å². The number of benzene rings is 1. The van der Waals surface area contributed by atoms with E-state index in [1.54, 1.807) is 12.1 Å². The van der Waals surface area contributed by atoms with E-state index < -0.39 is 10.8 Å². The SMILES string of the molecule is CC(C)(C)S(=O)CCNC(=O)c1cccc(Br)c1. The van der Waals surface area contributed by atoms with Crippen LogP contribution in [0.5, 0.6) is 0 Å². The lowest BCUT2D eigenvalue weighted by Crippen LogP contribution is -2.32. The van der Waals surface area contributed by atoms with E-state index in [4.69, 9.17) is 0 Å². The smallest absolute Gasteiger partial charge is 0.251 e. The zero-order valence-corrected chi connectivity index (χ0v) is 13.2. The van der Waals surface area contributed by atoms with E-state index in [-0.39, 0.29) is 10.7 Å². The van der Waals surface area contributed by atoms with Gasteiger partial charge in [-0.1, -0.05) is 22.0 Å². The molecule has 0 aliphatic heterocycles. The van der Waals surface area contributed by atoms with Gasteiger partial charge < -0.3 is 5.32 Å². The zero-order valence-electron chi connectivity index (χ0n) is 10.8. The van der Waals surface area contributed by atoms with Crippen LogP contribution in [0.3, 0.4) is 0 Å². The van der Waals surface area contributed by atoms with Gasteiger partial charge in [-0.25, -0.2) is 0 Å². The first-order chi connectivity index (χ1) is 8.30. The van der Waals surface area contributed by atoms with E-state index >= 15 is 0 Å². The number of carbonyl (C=O) groups excluding carboxylic acids is 1. The highest BCUT2D eigenvalue weighted by Crippen LogP contribution is 2.12. The minimum Gasteiger partial charge on any atom is -0.351 e. The van der Waals surface area contributed by atoms with Crippen molar-refractivity contribution in [3.05, 3.63) is 34.3 Å². The van der Waals surface area contributed by atoms with Crippen molar-refractivity contribution in [3.63, 3.8) is 0 Å². The van der Waals surface area contributed by atoms with Gasteiger partial charge in [-0.3, -0.25) is 9.00 Å². The molecule has 100 valence electrons. The van der Waals surface area contributed by atoms with Gasteiger partial charge in [0.15, 0.2) is 0 Å². The third-order valence-corrected chi connectivity index (χ3v) is 4.78. The van der Waals surface area contributed by atoms with Crippen molar-refractivity contribution < 1.29 is 9.00 Å². The molecule has 0 fully saturated rings. The molecule has 18 heavy (non-hydrogen) atoms. The van der Waals surface area contributed by atoms with Crippen LogP contribution in [0.2, 0.25) is 0 Å². The third-order valence-electron chi connectivity index (χ3n) is 2.34. The first kappa shape index (κ1) is 15.4. The van der Waals surface area contributed by atoms with Crippen molar-refractivity contribution in [2.45, 2.75) is 25.5 Å². The molecule has 0 spiro atoms. The van der Waals surface area contributed by atoms with Gasteiger partial charge in [-0.05, 0) is 39.0 Å². The highest BCUT2D eigenvalue weighted by atomic mass is 79.9. The lowest BCUT2D eigenvalue weighted by Gasteiger charge is -2.17. The number of hydrogen-bond acceptors (Lipinski definition) is 2. The summed E-state index contributed by atoms with van der Waals surface area (Å²) in [7, 11) is -0.939. The molecule has 0 aliphatic carbocycles. The van der Waals surface area contributed by atoms with Crippen LogP contribution in [0.4, 0.5) is 0 Å². The maximum Gasteiger partial charge on any atom is 0.251 e. The van der Waals surface area contributed by atoms with Gasteiger partial charge in [0.05, 0.1) is 0 Å². The summed E-state index contributed by atoms with van der Waals surface area (Å²) in [5, 5.41) is 2.78. The van der Waals surface area contributed by atoms with Crippen LogP contribution in [0.1, 0.15) is 31.1 Å². The summed E-state index contributed by atoms with van der Waals surface area (Å²) in [5.41, 5.74) is 0.603. The van der Waals surface area contributed by atoms with Crippen molar-refractivity contribution in [1.29, 1.82) is 0 Å². The van der Waals surface area contributed by atoms with E-state index in [9.17, 15) is 9.00 Å². The Bertz CT molecular complexity index is 455. The second kappa shape index (κ2) is 6.48. The van der Waals surface area contributed by atoms with Crippen LogP contribution >= 0.6 is 15.9 Å². The molecule has 0 saturated carbocycles. The quantitative estimate of drug-likeness (QED) is 0.922. The van der Waals surface area contributed by atoms with Gasteiger partial charge in [-0.2, -0.15) is 0 Å². The maximum absolute atomic E-state index is 11.8. The van der Waals surface area contributed by atoms with Crippen LogP contribution in [0.25, 0.3) is 0 Å². The number of amides is 1. The monoisotopic (exact) mass is 331 g/mol. The molecule has 1 aromatic rings. The van der Waals surface area contributed by atoms with E-state index in [0.29, 0.717) is 17.9 Å². The maximum atomic E-state index is 11.8. The third kappa shape index (κ3) is 4.90. The highest BCUT2D eigenvalue weighted by Gasteiger charge is 2.18. The van der Waals surface area contributed by atoms with E-state index in [1.165, 1.54) is 0 Å². The largest absolute Gasteiger partial charge is 0.351 e. The minimum atomic E-state index is -0.939. The highest BCUT2D eigenvalue weighted by molar-refractivity contribution is 9.10. The Balaban J connectivity index is 2.46. The average Bonchev–Trinajstić information content (AvgIpc) is 2.27. The molecule has 3 nitrogen and oxygen atoms in total. The minimum absolute atomic E-state index is 0.137. The topological polar surface area (TPSA) is 46.2 Å². The molecule has 1 rings (SSSR count). The number of rotatable bonds is 4. The number of carbonyl (C=O) groups is 1. The van der Waals surface area contributed by atoms with Gasteiger partial charge in [0, 0.05) is 37.9 Å². The van der Waals surface area contributed by atoms with Crippen molar-refractivity contribution in [1.82, 2.24) is 5.32 Å². The fourth-order valence-electron chi connectivity index (χ4n) is 1.30. The van der Waals surface area contributed by atoms with Crippen LogP contribution in [-0.2, 0) is 10.8 Å². The van der Waals surface area contributed by atoms with Crippen LogP contribution < -0.4 is 5.32 Å². The summed E-state index contributed by atoms with van der Waals surface area (Å²) in [6.45, 7) is 6.22. The van der Waals surface area contributed by atoms with Gasteiger partial charge in [0.1, 0.15) is 0 Å². The van der Waals surface area contributed by atoms with Gasteiger partial charge in [0.25, 0.3) is 5.91 Å². The molecule has 1 atom stereocenters. The first-order valence-corrected chi connectivity index (χ1v) is 7.84. The van der Waals surface area contributed by atoms with E-state index in [0.717, 1.165) is 4.47 Å². The molecule has 0 heterocycles. The lowest BCUT2D eigenvalue weighted by atomic mass is 10.2. The Morgan fingerprint density at radius 1 is 1.39 bits per heavy atom. The average molecular weight is 332 g/mol. The standard InChI is InChI=1S/C13H18BrNO2S/c1-13(2,3)18(17)8-7-15-12(16)10-5-4-6-11(14)9-10/h4-6,9H,7-8H2,1-3H3,(H,15,16). The molecular weight excluding hydrogens is 314 g/mol. The fraction of sp³-hybridized carbons (Fsp3) is 0.462. The Morgan fingerprint density at radius 2 is 2.06 bits per heavy atom. The molecule has 0 saturated heterocycles. The molecule has 5 heteroatoms. The van der Waals surface area contributed by atoms with E-state index in [2.05, 4.69) is 21.2 Å². The number of hydrogen-bond donors (Lipinski definition) is 1. The molecule has 1 aromatic carbocycles. The number of nitrogens with one attached hydrogen (secondary N) is 1. The second-order valence-corrected chi connectivity index (χ2v) is 8.17. The Hall–Kier alpha value is -0.680. The first-order valence-electron chi connectivity index (χ1n) is 5.73. The fourth-order valence-corrected chi connectivity index (χ4v) is 2.59. The zero-order chi connectivity index (χ0) is 13.8. The van der Waals surface area contributed by atoms with Crippen molar-refractivity contribution in [2.24, 2.45) is 0 Å². The van der Waals surface area contributed by atoms with Gasteiger partial charge in [0.2, 0.25) is 0 Å². The normalized spacial score (nSPS) is 13.1. The van der Waals surface area contributed by atoms with Crippen LogP contribution in [0, 0.1) is 0 Å². The molecular formula is C13H18BrNO2S. The van der Waals surface area contributed by atoms with Crippen molar-refractivity contribution in [2.75, 3.05) is 12.3 Å². The van der Waals surface area contributed by atoms with Crippen LogP contribution in [-0.4, -0.2) is 27.2 Å². The summed E-state index contributed by atoms with van der Waals surface area (Å²) in [4.78, 5) is 11.8. The molecule has 0 aliphatic rings. The predicted molar refractivity (Wildman–Crippen MR) is 79.2 cm³/mol. The summed E-state index contributed by atoms with van der Waals surface area (Å²) in [6.07, 6.45) is 0. The molecule has 1 amide bonds. The molecule has 1 unspecified atom stereocenters. The lowest BCUT2D eigenvalue weighted by molar-refractivity contribution is 0.0956. The molecule has 0 radical (unpaired) electrons. The Kier molecular flexibility index (Phi) is 5.53. The van der Waals surface area contributed by atoms with Gasteiger partial charge in [-0.15, -0.1) is 0 Å². The Labute approximate surface area is 119 Å². The van der Waals surface area contributed by atoms with Gasteiger partial charge >= 0.3 is 0 Å². The predicted octanol–water partition coefficient (Wildman–Crippen LogP) is 2.73. The molecule has 0 bridgehead atoms. The number of halogens is 1. The summed E-state index contributed by atoms with van der Waals surface area (Å²) in [5.74, 6) is 0.339. The summed E-state index contributed by atoms with van der Waals surface area (Å²) in [6, 6.07) is 7.19. The van der Waals surface area contributed by atoms with Crippen LogP contribution in [0.15, 0.2) is 28.7 Å². The second-order valence-electron chi connectivity index (χ2n) is 4.93.